The molecule has 0 unspecified atom stereocenters. The van der Waals surface area contributed by atoms with Crippen LogP contribution in [0.2, 0.25) is 0 Å². The number of rotatable bonds is 6. The molecule has 0 fully saturated rings. The van der Waals surface area contributed by atoms with Crippen molar-refractivity contribution in [1.29, 1.82) is 0 Å². The van der Waals surface area contributed by atoms with Gasteiger partial charge in [0, 0.05) is 26.4 Å². The fraction of sp³-hybridized carbons (Fsp3) is 0.417. The number of carboxylic acids is 1. The van der Waals surface area contributed by atoms with Crippen LogP contribution in [0.25, 0.3) is 0 Å². The number of carboxylic acid groups (broad SMARTS) is 1. The van der Waals surface area contributed by atoms with Gasteiger partial charge in [0.15, 0.2) is 0 Å². The average Bonchev–Trinajstić information content (AvgIpc) is 2.74. The van der Waals surface area contributed by atoms with Crippen LogP contribution in [0.5, 0.6) is 0 Å². The molecule has 0 aliphatic carbocycles. The second kappa shape index (κ2) is 8.01. The van der Waals surface area contributed by atoms with E-state index in [0.717, 1.165) is 9.35 Å². The zero-order valence-corrected chi connectivity index (χ0v) is 13.3. The summed E-state index contributed by atoms with van der Waals surface area (Å²) in [6.07, 6.45) is 0.159. The Bertz CT molecular complexity index is 503. The number of nitrogens with one attached hydrogen (secondary N) is 1. The maximum Gasteiger partial charge on any atom is 0.324 e. The second-order valence-electron chi connectivity index (χ2n) is 4.22. The van der Waals surface area contributed by atoms with E-state index in [0.29, 0.717) is 6.54 Å². The molecule has 0 saturated carbocycles. The van der Waals surface area contributed by atoms with Crippen molar-refractivity contribution >= 4 is 45.2 Å². The van der Waals surface area contributed by atoms with Crippen LogP contribution in [-0.2, 0) is 16.1 Å². The summed E-state index contributed by atoms with van der Waals surface area (Å²) >= 11 is 4.86. The van der Waals surface area contributed by atoms with Crippen molar-refractivity contribution in [2.45, 2.75) is 25.8 Å². The van der Waals surface area contributed by atoms with Gasteiger partial charge in [-0.3, -0.25) is 14.9 Å². The van der Waals surface area contributed by atoms with E-state index < -0.39 is 17.9 Å². The highest BCUT2D eigenvalue weighted by Gasteiger charge is 2.13. The summed E-state index contributed by atoms with van der Waals surface area (Å²) in [6, 6.07) is 1.41. The summed E-state index contributed by atoms with van der Waals surface area (Å²) in [5.74, 6) is -1.42. The molecular weight excluding hydrogens is 348 g/mol. The molecule has 0 saturated heterocycles. The van der Waals surface area contributed by atoms with Crippen molar-refractivity contribution in [2.24, 2.45) is 0 Å². The lowest BCUT2D eigenvalue weighted by Crippen LogP contribution is -2.40. The number of urea groups is 1. The van der Waals surface area contributed by atoms with E-state index >= 15 is 0 Å². The Kier molecular flexibility index (Phi) is 6.66. The molecule has 3 amide bonds. The quantitative estimate of drug-likeness (QED) is 0.813. The molecule has 0 radical (unpaired) electrons. The van der Waals surface area contributed by atoms with Crippen LogP contribution in [0.3, 0.4) is 0 Å². The molecule has 1 aromatic heterocycles. The highest BCUT2D eigenvalue weighted by atomic mass is 79.9. The highest BCUT2D eigenvalue weighted by molar-refractivity contribution is 9.11. The van der Waals surface area contributed by atoms with E-state index in [-0.39, 0.29) is 19.3 Å². The molecule has 1 heterocycles. The number of amides is 3. The number of hydrogen-bond donors (Lipinski definition) is 2. The number of carbonyl (C=O) groups is 3. The monoisotopic (exact) mass is 362 g/mol. The summed E-state index contributed by atoms with van der Waals surface area (Å²) in [6.45, 7) is 0.399. The molecule has 0 aliphatic rings. The zero-order valence-electron chi connectivity index (χ0n) is 10.9. The van der Waals surface area contributed by atoms with Gasteiger partial charge in [0.1, 0.15) is 0 Å². The molecule has 0 aromatic carbocycles. The highest BCUT2D eigenvalue weighted by Crippen LogP contribution is 2.21. The van der Waals surface area contributed by atoms with Gasteiger partial charge >= 0.3 is 12.0 Å². The van der Waals surface area contributed by atoms with Crippen molar-refractivity contribution in [3.63, 3.8) is 0 Å². The Labute approximate surface area is 128 Å². The van der Waals surface area contributed by atoms with Crippen LogP contribution < -0.4 is 5.32 Å². The Hall–Kier alpha value is -1.41. The van der Waals surface area contributed by atoms with Gasteiger partial charge < -0.3 is 10.0 Å². The third-order valence-electron chi connectivity index (χ3n) is 2.43. The summed E-state index contributed by atoms with van der Waals surface area (Å²) in [5.41, 5.74) is 0.970. The third kappa shape index (κ3) is 6.16. The second-order valence-corrected chi connectivity index (χ2v) is 6.51. The zero-order chi connectivity index (χ0) is 15.1. The van der Waals surface area contributed by atoms with Crippen LogP contribution in [0.1, 0.15) is 24.8 Å². The van der Waals surface area contributed by atoms with Crippen LogP contribution in [0, 0.1) is 0 Å². The van der Waals surface area contributed by atoms with E-state index in [1.54, 1.807) is 7.05 Å². The van der Waals surface area contributed by atoms with Gasteiger partial charge in [-0.05, 0) is 39.4 Å². The van der Waals surface area contributed by atoms with Crippen LogP contribution >= 0.6 is 27.3 Å². The number of aliphatic carboxylic acids is 1. The van der Waals surface area contributed by atoms with Gasteiger partial charge in [-0.25, -0.2) is 4.79 Å². The number of carbonyl (C=O) groups excluding carboxylic acids is 2. The molecule has 0 atom stereocenters. The first-order valence-electron chi connectivity index (χ1n) is 5.88. The van der Waals surface area contributed by atoms with Gasteiger partial charge in [0.2, 0.25) is 5.91 Å². The standard InChI is InChI=1S/C12H15BrN2O4S/c1-15(6-8-5-9(13)20-7-8)12(19)14-10(16)3-2-4-11(17)18/h5,7H,2-4,6H2,1H3,(H,17,18)(H,14,16,19). The lowest BCUT2D eigenvalue weighted by molar-refractivity contribution is -0.137. The molecule has 2 N–H and O–H groups in total. The lowest BCUT2D eigenvalue weighted by Gasteiger charge is -2.16. The molecule has 6 nitrogen and oxygen atoms in total. The maximum atomic E-state index is 11.7. The maximum absolute atomic E-state index is 11.7. The van der Waals surface area contributed by atoms with Crippen molar-refractivity contribution < 1.29 is 19.5 Å². The fourth-order valence-corrected chi connectivity index (χ4v) is 2.65. The minimum Gasteiger partial charge on any atom is -0.481 e. The summed E-state index contributed by atoms with van der Waals surface area (Å²) in [7, 11) is 1.59. The minimum absolute atomic E-state index is 0.0237. The van der Waals surface area contributed by atoms with Crippen molar-refractivity contribution in [2.75, 3.05) is 7.05 Å². The average molecular weight is 363 g/mol. The van der Waals surface area contributed by atoms with Gasteiger partial charge in [0.25, 0.3) is 0 Å². The third-order valence-corrected chi connectivity index (χ3v) is 3.98. The first-order valence-corrected chi connectivity index (χ1v) is 7.55. The van der Waals surface area contributed by atoms with Crippen molar-refractivity contribution in [3.8, 4) is 0 Å². The van der Waals surface area contributed by atoms with E-state index in [4.69, 9.17) is 5.11 Å². The number of thiophene rings is 1. The molecule has 110 valence electrons. The topological polar surface area (TPSA) is 86.7 Å². The van der Waals surface area contributed by atoms with Crippen LogP contribution in [-0.4, -0.2) is 35.0 Å². The van der Waals surface area contributed by atoms with Crippen LogP contribution in [0.4, 0.5) is 4.79 Å². The smallest absolute Gasteiger partial charge is 0.324 e. The van der Waals surface area contributed by atoms with Gasteiger partial charge in [0.05, 0.1) is 3.79 Å². The van der Waals surface area contributed by atoms with E-state index in [2.05, 4.69) is 21.2 Å². The molecule has 0 bridgehead atoms. The predicted molar refractivity (Wildman–Crippen MR) is 78.5 cm³/mol. The van der Waals surface area contributed by atoms with E-state index in [9.17, 15) is 14.4 Å². The van der Waals surface area contributed by atoms with Crippen molar-refractivity contribution in [3.05, 3.63) is 20.8 Å². The lowest BCUT2D eigenvalue weighted by atomic mass is 10.2. The summed E-state index contributed by atoms with van der Waals surface area (Å²) in [5, 5.41) is 12.6. The van der Waals surface area contributed by atoms with Gasteiger partial charge in [-0.2, -0.15) is 0 Å². The van der Waals surface area contributed by atoms with Gasteiger partial charge in [-0.1, -0.05) is 0 Å². The molecule has 8 heteroatoms. The number of imide groups is 1. The molecule has 0 spiro atoms. The SMILES string of the molecule is CN(Cc1csc(Br)c1)C(=O)NC(=O)CCCC(=O)O. The minimum atomic E-state index is -0.954. The number of halogens is 1. The van der Waals surface area contributed by atoms with E-state index in [1.165, 1.54) is 16.2 Å². The Morgan fingerprint density at radius 1 is 1.40 bits per heavy atom. The Morgan fingerprint density at radius 3 is 2.65 bits per heavy atom. The normalized spacial score (nSPS) is 10.1. The largest absolute Gasteiger partial charge is 0.481 e. The fourth-order valence-electron chi connectivity index (χ4n) is 1.45. The summed E-state index contributed by atoms with van der Waals surface area (Å²) in [4.78, 5) is 34.9. The molecule has 1 aromatic rings. The first kappa shape index (κ1) is 16.6. The molecular formula is C12H15BrN2O4S. The number of hydrogen-bond acceptors (Lipinski definition) is 4. The van der Waals surface area contributed by atoms with Gasteiger partial charge in [-0.15, -0.1) is 11.3 Å². The van der Waals surface area contributed by atoms with Crippen LogP contribution in [0.15, 0.2) is 15.2 Å². The molecule has 1 rings (SSSR count). The Balaban J connectivity index is 2.33. The Morgan fingerprint density at radius 2 is 2.10 bits per heavy atom. The van der Waals surface area contributed by atoms with Crippen molar-refractivity contribution in [1.82, 2.24) is 10.2 Å². The van der Waals surface area contributed by atoms with E-state index in [1.807, 2.05) is 11.4 Å². The predicted octanol–water partition coefficient (Wildman–Crippen LogP) is 2.43. The molecule has 20 heavy (non-hydrogen) atoms. The number of nitrogens with zero attached hydrogens (tertiary/aromatic N) is 1. The first-order chi connectivity index (χ1) is 9.38. The summed E-state index contributed by atoms with van der Waals surface area (Å²) < 4.78 is 0.978. The molecule has 0 aliphatic heterocycles.